The molecule has 0 N–H and O–H groups in total. The number of nitrogens with zero attached hydrogens (tertiary/aromatic N) is 2. The highest BCUT2D eigenvalue weighted by atomic mass is 35.5. The second-order valence-corrected chi connectivity index (χ2v) is 7.33. The van der Waals surface area contributed by atoms with E-state index in [4.69, 9.17) is 11.6 Å². The number of hydrogen-bond donors (Lipinski definition) is 0. The molecule has 0 radical (unpaired) electrons. The molecule has 134 valence electrons. The third-order valence-corrected chi connectivity index (χ3v) is 5.33. The molecule has 0 bridgehead atoms. The van der Waals surface area contributed by atoms with Crippen LogP contribution in [0.5, 0.6) is 0 Å². The second-order valence-electron chi connectivity index (χ2n) is 5.95. The Morgan fingerprint density at radius 3 is 2.56 bits per heavy atom. The molecule has 0 saturated carbocycles. The van der Waals surface area contributed by atoms with Crippen molar-refractivity contribution in [3.05, 3.63) is 99.6 Å². The lowest BCUT2D eigenvalue weighted by atomic mass is 10.2. The smallest absolute Gasteiger partial charge is 0.266 e. The van der Waals surface area contributed by atoms with Gasteiger partial charge in [0.25, 0.3) is 5.56 Å². The summed E-state index contributed by atoms with van der Waals surface area (Å²) in [4.78, 5) is 17.8. The topological polar surface area (TPSA) is 34.9 Å². The second kappa shape index (κ2) is 7.55. The van der Waals surface area contributed by atoms with E-state index in [2.05, 4.69) is 4.98 Å². The maximum Gasteiger partial charge on any atom is 0.266 e. The fraction of sp³-hybridized carbons (Fsp3) is 0.0476. The van der Waals surface area contributed by atoms with Crippen molar-refractivity contribution >= 4 is 34.3 Å². The molecule has 4 aromatic rings. The van der Waals surface area contributed by atoms with Crippen molar-refractivity contribution in [2.75, 3.05) is 0 Å². The van der Waals surface area contributed by atoms with Gasteiger partial charge in [0.15, 0.2) is 5.16 Å². The minimum Gasteiger partial charge on any atom is -0.268 e. The Bertz CT molecular complexity index is 1170. The molecule has 0 aliphatic heterocycles. The predicted octanol–water partition coefficient (Wildman–Crippen LogP) is 5.47. The molecule has 3 aromatic carbocycles. The molecular weight excluding hydrogens is 383 g/mol. The molecule has 1 aromatic heterocycles. The number of rotatable bonds is 4. The maximum atomic E-state index is 13.3. The van der Waals surface area contributed by atoms with Crippen LogP contribution < -0.4 is 5.56 Å². The van der Waals surface area contributed by atoms with Crippen molar-refractivity contribution in [1.82, 2.24) is 9.55 Å². The summed E-state index contributed by atoms with van der Waals surface area (Å²) in [6, 6.07) is 20.6. The lowest BCUT2D eigenvalue weighted by Gasteiger charge is -2.13. The van der Waals surface area contributed by atoms with Crippen LogP contribution in [0.3, 0.4) is 0 Å². The predicted molar refractivity (Wildman–Crippen MR) is 108 cm³/mol. The van der Waals surface area contributed by atoms with Crippen LogP contribution in [0.2, 0.25) is 5.02 Å². The summed E-state index contributed by atoms with van der Waals surface area (Å²) in [6.07, 6.45) is 0. The van der Waals surface area contributed by atoms with Gasteiger partial charge in [-0.3, -0.25) is 9.36 Å². The molecule has 1 heterocycles. The lowest BCUT2D eigenvalue weighted by Crippen LogP contribution is -2.21. The fourth-order valence-corrected chi connectivity index (χ4v) is 3.97. The summed E-state index contributed by atoms with van der Waals surface area (Å²) in [5, 5.41) is 1.73. The van der Waals surface area contributed by atoms with Gasteiger partial charge in [-0.2, -0.15) is 0 Å². The fourth-order valence-electron chi connectivity index (χ4n) is 2.80. The Morgan fingerprint density at radius 2 is 1.78 bits per heavy atom. The summed E-state index contributed by atoms with van der Waals surface area (Å²) in [5.74, 6) is 0.251. The van der Waals surface area contributed by atoms with Gasteiger partial charge < -0.3 is 0 Å². The van der Waals surface area contributed by atoms with Crippen LogP contribution in [0.1, 0.15) is 5.56 Å². The van der Waals surface area contributed by atoms with Gasteiger partial charge in [-0.15, -0.1) is 0 Å². The van der Waals surface area contributed by atoms with Gasteiger partial charge in [-0.25, -0.2) is 9.37 Å². The Labute approximate surface area is 164 Å². The van der Waals surface area contributed by atoms with E-state index < -0.39 is 0 Å². The number of aromatic nitrogens is 2. The van der Waals surface area contributed by atoms with Crippen molar-refractivity contribution < 1.29 is 4.39 Å². The summed E-state index contributed by atoms with van der Waals surface area (Å²) >= 11 is 7.49. The zero-order chi connectivity index (χ0) is 18.8. The SMILES string of the molecule is O=c1c2ccccc2nc(SCc2cccc(Cl)c2)n1-c1ccc(F)cc1. The lowest BCUT2D eigenvalue weighted by molar-refractivity contribution is 0.627. The van der Waals surface area contributed by atoms with E-state index in [0.717, 1.165) is 5.56 Å². The van der Waals surface area contributed by atoms with Crippen LogP contribution in [0.15, 0.2) is 82.7 Å². The van der Waals surface area contributed by atoms with Crippen molar-refractivity contribution in [2.24, 2.45) is 0 Å². The van der Waals surface area contributed by atoms with Gasteiger partial charge in [-0.05, 0) is 54.1 Å². The average Bonchev–Trinajstić information content (AvgIpc) is 2.68. The van der Waals surface area contributed by atoms with Gasteiger partial charge in [0.2, 0.25) is 0 Å². The molecule has 0 aliphatic rings. The molecular formula is C21H14ClFN2OS. The van der Waals surface area contributed by atoms with Gasteiger partial charge in [0, 0.05) is 10.8 Å². The van der Waals surface area contributed by atoms with Crippen molar-refractivity contribution in [3.63, 3.8) is 0 Å². The van der Waals surface area contributed by atoms with Crippen molar-refractivity contribution in [3.8, 4) is 5.69 Å². The first-order valence-corrected chi connectivity index (χ1v) is 9.63. The number of halogens is 2. The van der Waals surface area contributed by atoms with E-state index in [-0.39, 0.29) is 11.4 Å². The van der Waals surface area contributed by atoms with Crippen molar-refractivity contribution in [2.45, 2.75) is 10.9 Å². The third-order valence-electron chi connectivity index (χ3n) is 4.09. The standard InChI is InChI=1S/C21H14ClFN2OS/c22-15-5-3-4-14(12-15)13-27-21-24-19-7-2-1-6-18(19)20(26)25(21)17-10-8-16(23)9-11-17/h1-12H,13H2. The molecule has 6 heteroatoms. The first kappa shape index (κ1) is 17.8. The normalized spacial score (nSPS) is 11.0. The molecule has 3 nitrogen and oxygen atoms in total. The van der Waals surface area contributed by atoms with E-state index in [1.165, 1.54) is 28.5 Å². The molecule has 0 amide bonds. The third kappa shape index (κ3) is 3.75. The molecule has 4 rings (SSSR count). The minimum absolute atomic E-state index is 0.180. The highest BCUT2D eigenvalue weighted by Crippen LogP contribution is 2.25. The quantitative estimate of drug-likeness (QED) is 0.339. The zero-order valence-electron chi connectivity index (χ0n) is 14.1. The monoisotopic (exact) mass is 396 g/mol. The minimum atomic E-state index is -0.353. The van der Waals surface area contributed by atoms with Gasteiger partial charge in [0.1, 0.15) is 5.82 Å². The summed E-state index contributed by atoms with van der Waals surface area (Å²) in [5.41, 5.74) is 2.06. The van der Waals surface area contributed by atoms with Crippen molar-refractivity contribution in [1.29, 1.82) is 0 Å². The van der Waals surface area contributed by atoms with Crippen LogP contribution in [0.4, 0.5) is 4.39 Å². The van der Waals surface area contributed by atoms with E-state index in [0.29, 0.717) is 32.5 Å². The number of fused-ring (bicyclic) bond motifs is 1. The van der Waals surface area contributed by atoms with Gasteiger partial charge in [-0.1, -0.05) is 47.6 Å². The van der Waals surface area contributed by atoms with Crippen LogP contribution >= 0.6 is 23.4 Å². The largest absolute Gasteiger partial charge is 0.268 e. The van der Waals surface area contributed by atoms with E-state index in [1.54, 1.807) is 24.3 Å². The molecule has 0 saturated heterocycles. The van der Waals surface area contributed by atoms with Crippen LogP contribution in [0, 0.1) is 5.82 Å². The first-order chi connectivity index (χ1) is 13.1. The van der Waals surface area contributed by atoms with E-state index in [9.17, 15) is 9.18 Å². The first-order valence-electron chi connectivity index (χ1n) is 8.27. The average molecular weight is 397 g/mol. The number of hydrogen-bond acceptors (Lipinski definition) is 3. The van der Waals surface area contributed by atoms with Gasteiger partial charge in [0.05, 0.1) is 16.6 Å². The molecule has 0 spiro atoms. The van der Waals surface area contributed by atoms with E-state index >= 15 is 0 Å². The Kier molecular flexibility index (Phi) is 4.97. The Hall–Kier alpha value is -2.63. The summed E-state index contributed by atoms with van der Waals surface area (Å²) in [6.45, 7) is 0. The van der Waals surface area contributed by atoms with Gasteiger partial charge >= 0.3 is 0 Å². The summed E-state index contributed by atoms with van der Waals surface area (Å²) < 4.78 is 14.9. The molecule has 0 fully saturated rings. The molecule has 0 unspecified atom stereocenters. The Balaban J connectivity index is 1.83. The number of para-hydroxylation sites is 1. The highest BCUT2D eigenvalue weighted by Gasteiger charge is 2.13. The van der Waals surface area contributed by atoms with Crippen LogP contribution in [-0.4, -0.2) is 9.55 Å². The van der Waals surface area contributed by atoms with Crippen LogP contribution in [-0.2, 0) is 5.75 Å². The molecule has 0 aliphatic carbocycles. The molecule has 0 atom stereocenters. The zero-order valence-corrected chi connectivity index (χ0v) is 15.7. The van der Waals surface area contributed by atoms with E-state index in [1.807, 2.05) is 36.4 Å². The van der Waals surface area contributed by atoms with Crippen LogP contribution in [0.25, 0.3) is 16.6 Å². The number of thioether (sulfide) groups is 1. The molecule has 27 heavy (non-hydrogen) atoms. The maximum absolute atomic E-state index is 13.3. The number of benzene rings is 3. The Morgan fingerprint density at radius 1 is 1.00 bits per heavy atom. The summed E-state index contributed by atoms with van der Waals surface area (Å²) in [7, 11) is 0. The highest BCUT2D eigenvalue weighted by molar-refractivity contribution is 7.98.